The van der Waals surface area contributed by atoms with Crippen molar-refractivity contribution in [2.24, 2.45) is 5.73 Å². The Kier molecular flexibility index (Phi) is 6.50. The quantitative estimate of drug-likeness (QED) is 0.580. The SMILES string of the molecule is CCCCCCOc1cc(OC)ccc1C(N)=S. The second-order valence-electron chi connectivity index (χ2n) is 4.14. The van der Waals surface area contributed by atoms with Crippen LogP contribution in [0, 0.1) is 0 Å². The highest BCUT2D eigenvalue weighted by atomic mass is 32.1. The summed E-state index contributed by atoms with van der Waals surface area (Å²) in [5.41, 5.74) is 6.43. The van der Waals surface area contributed by atoms with Gasteiger partial charge in [0.1, 0.15) is 16.5 Å². The Morgan fingerprint density at radius 3 is 2.67 bits per heavy atom. The van der Waals surface area contributed by atoms with E-state index in [2.05, 4.69) is 6.92 Å². The molecule has 0 saturated heterocycles. The zero-order chi connectivity index (χ0) is 13.4. The van der Waals surface area contributed by atoms with Crippen molar-refractivity contribution in [3.05, 3.63) is 23.8 Å². The summed E-state index contributed by atoms with van der Waals surface area (Å²) in [6.07, 6.45) is 4.69. The molecule has 1 aromatic carbocycles. The number of methoxy groups -OCH3 is 1. The minimum absolute atomic E-state index is 0.348. The Morgan fingerprint density at radius 2 is 2.06 bits per heavy atom. The lowest BCUT2D eigenvalue weighted by atomic mass is 10.2. The summed E-state index contributed by atoms with van der Waals surface area (Å²) < 4.78 is 10.9. The minimum Gasteiger partial charge on any atom is -0.497 e. The molecule has 0 aliphatic heterocycles. The van der Waals surface area contributed by atoms with E-state index in [1.54, 1.807) is 7.11 Å². The molecule has 0 heterocycles. The van der Waals surface area contributed by atoms with Gasteiger partial charge in [0.05, 0.1) is 19.3 Å². The number of hydrogen-bond acceptors (Lipinski definition) is 3. The second kappa shape index (κ2) is 7.93. The number of rotatable bonds is 8. The number of thiocarbonyl (C=S) groups is 1. The lowest BCUT2D eigenvalue weighted by Crippen LogP contribution is -2.12. The van der Waals surface area contributed by atoms with Crippen LogP contribution in [0.5, 0.6) is 11.5 Å². The van der Waals surface area contributed by atoms with Gasteiger partial charge >= 0.3 is 0 Å². The van der Waals surface area contributed by atoms with E-state index in [1.165, 1.54) is 19.3 Å². The Hall–Kier alpha value is -1.29. The van der Waals surface area contributed by atoms with Crippen LogP contribution in [0.1, 0.15) is 38.2 Å². The van der Waals surface area contributed by atoms with E-state index < -0.39 is 0 Å². The predicted octanol–water partition coefficient (Wildman–Crippen LogP) is 3.29. The summed E-state index contributed by atoms with van der Waals surface area (Å²) in [6, 6.07) is 5.50. The molecule has 2 N–H and O–H groups in total. The highest BCUT2D eigenvalue weighted by Gasteiger charge is 2.08. The highest BCUT2D eigenvalue weighted by Crippen LogP contribution is 2.25. The molecule has 0 atom stereocenters. The third-order valence-electron chi connectivity index (χ3n) is 2.71. The normalized spacial score (nSPS) is 10.1. The van der Waals surface area contributed by atoms with Crippen LogP contribution in [-0.4, -0.2) is 18.7 Å². The molecule has 0 aliphatic carbocycles. The standard InChI is InChI=1S/C14H21NO2S/c1-3-4-5-6-9-17-13-10-11(16-2)7-8-12(13)14(15)18/h7-8,10H,3-6,9H2,1-2H3,(H2,15,18). The second-order valence-corrected chi connectivity index (χ2v) is 4.58. The fourth-order valence-electron chi connectivity index (χ4n) is 1.66. The molecule has 1 aromatic rings. The van der Waals surface area contributed by atoms with Crippen molar-refractivity contribution in [2.75, 3.05) is 13.7 Å². The van der Waals surface area contributed by atoms with Gasteiger partial charge in [-0.25, -0.2) is 0 Å². The van der Waals surface area contributed by atoms with Crippen molar-refractivity contribution in [1.82, 2.24) is 0 Å². The van der Waals surface area contributed by atoms with Gasteiger partial charge in [-0.1, -0.05) is 38.4 Å². The van der Waals surface area contributed by atoms with Crippen molar-refractivity contribution in [1.29, 1.82) is 0 Å². The van der Waals surface area contributed by atoms with Crippen LogP contribution in [0.4, 0.5) is 0 Å². The molecule has 3 nitrogen and oxygen atoms in total. The minimum atomic E-state index is 0.348. The van der Waals surface area contributed by atoms with Gasteiger partial charge in [-0.15, -0.1) is 0 Å². The maximum absolute atomic E-state index is 5.74. The number of benzene rings is 1. The molecule has 0 unspecified atom stereocenters. The first kappa shape index (κ1) is 14.8. The number of nitrogens with two attached hydrogens (primary N) is 1. The van der Waals surface area contributed by atoms with E-state index >= 15 is 0 Å². The zero-order valence-electron chi connectivity index (χ0n) is 11.1. The molecule has 0 saturated carbocycles. The van der Waals surface area contributed by atoms with Gasteiger partial charge in [-0.3, -0.25) is 0 Å². The van der Waals surface area contributed by atoms with Crippen LogP contribution >= 0.6 is 12.2 Å². The predicted molar refractivity (Wildman–Crippen MR) is 78.5 cm³/mol. The van der Waals surface area contributed by atoms with E-state index in [-0.39, 0.29) is 0 Å². The van der Waals surface area contributed by atoms with E-state index in [1.807, 2.05) is 18.2 Å². The summed E-state index contributed by atoms with van der Waals surface area (Å²) in [5, 5.41) is 0. The van der Waals surface area contributed by atoms with Gasteiger partial charge in [0.15, 0.2) is 0 Å². The third kappa shape index (κ3) is 4.53. The van der Waals surface area contributed by atoms with Crippen molar-refractivity contribution in [3.63, 3.8) is 0 Å². The maximum Gasteiger partial charge on any atom is 0.133 e. The Balaban J connectivity index is 2.63. The smallest absolute Gasteiger partial charge is 0.133 e. The molecule has 0 spiro atoms. The van der Waals surface area contributed by atoms with E-state index in [4.69, 9.17) is 27.4 Å². The summed E-state index contributed by atoms with van der Waals surface area (Å²) in [7, 11) is 1.63. The Morgan fingerprint density at radius 1 is 1.28 bits per heavy atom. The van der Waals surface area contributed by atoms with Crippen LogP contribution in [0.3, 0.4) is 0 Å². The first-order valence-corrected chi connectivity index (χ1v) is 6.70. The van der Waals surface area contributed by atoms with Gasteiger partial charge in [0.25, 0.3) is 0 Å². The van der Waals surface area contributed by atoms with Crippen LogP contribution in [0.2, 0.25) is 0 Å². The molecule has 0 aliphatic rings. The molecule has 1 rings (SSSR count). The van der Waals surface area contributed by atoms with Crippen molar-refractivity contribution in [3.8, 4) is 11.5 Å². The molecule has 0 bridgehead atoms. The van der Waals surface area contributed by atoms with Crippen molar-refractivity contribution < 1.29 is 9.47 Å². The van der Waals surface area contributed by atoms with Crippen LogP contribution < -0.4 is 15.2 Å². The molecule has 0 radical (unpaired) electrons. The first-order chi connectivity index (χ1) is 8.69. The molecule has 4 heteroatoms. The number of hydrogen-bond donors (Lipinski definition) is 1. The average Bonchev–Trinajstić information content (AvgIpc) is 2.38. The van der Waals surface area contributed by atoms with E-state index in [0.29, 0.717) is 17.3 Å². The largest absolute Gasteiger partial charge is 0.497 e. The lowest BCUT2D eigenvalue weighted by molar-refractivity contribution is 0.302. The zero-order valence-corrected chi connectivity index (χ0v) is 11.9. The topological polar surface area (TPSA) is 44.5 Å². The molecular weight excluding hydrogens is 246 g/mol. The molecule has 0 amide bonds. The van der Waals surface area contributed by atoms with Gasteiger partial charge in [-0.2, -0.15) is 0 Å². The summed E-state index contributed by atoms with van der Waals surface area (Å²) in [5.74, 6) is 1.46. The molecule has 0 fully saturated rings. The van der Waals surface area contributed by atoms with Gasteiger partial charge in [0, 0.05) is 6.07 Å². The van der Waals surface area contributed by atoms with Crippen LogP contribution in [0.15, 0.2) is 18.2 Å². The molecule has 100 valence electrons. The van der Waals surface area contributed by atoms with Gasteiger partial charge < -0.3 is 15.2 Å². The Labute approximate surface area is 114 Å². The molecule has 18 heavy (non-hydrogen) atoms. The average molecular weight is 267 g/mol. The lowest BCUT2D eigenvalue weighted by Gasteiger charge is -2.12. The first-order valence-electron chi connectivity index (χ1n) is 6.29. The van der Waals surface area contributed by atoms with Crippen molar-refractivity contribution >= 4 is 17.2 Å². The number of unbranched alkanes of at least 4 members (excludes halogenated alkanes) is 3. The van der Waals surface area contributed by atoms with E-state index in [9.17, 15) is 0 Å². The molecule has 0 aromatic heterocycles. The fourth-order valence-corrected chi connectivity index (χ4v) is 1.83. The summed E-state index contributed by atoms with van der Waals surface area (Å²) in [6.45, 7) is 2.87. The summed E-state index contributed by atoms with van der Waals surface area (Å²) >= 11 is 5.01. The maximum atomic E-state index is 5.74. The molecular formula is C14H21NO2S. The monoisotopic (exact) mass is 267 g/mol. The van der Waals surface area contributed by atoms with Crippen LogP contribution in [-0.2, 0) is 0 Å². The van der Waals surface area contributed by atoms with Crippen molar-refractivity contribution in [2.45, 2.75) is 32.6 Å². The highest BCUT2D eigenvalue weighted by molar-refractivity contribution is 7.80. The number of ether oxygens (including phenoxy) is 2. The van der Waals surface area contributed by atoms with Crippen LogP contribution in [0.25, 0.3) is 0 Å². The third-order valence-corrected chi connectivity index (χ3v) is 2.93. The fraction of sp³-hybridized carbons (Fsp3) is 0.500. The van der Waals surface area contributed by atoms with E-state index in [0.717, 1.165) is 17.7 Å². The van der Waals surface area contributed by atoms with Gasteiger partial charge in [0.2, 0.25) is 0 Å². The summed E-state index contributed by atoms with van der Waals surface area (Å²) in [4.78, 5) is 0.348. The van der Waals surface area contributed by atoms with Gasteiger partial charge in [-0.05, 0) is 18.6 Å². The Bertz CT molecular complexity index is 393.